The molecule has 2 rings (SSSR count). The molecule has 10 heavy (non-hydrogen) atoms. The molecule has 0 unspecified atom stereocenters. The van der Waals surface area contributed by atoms with Crippen LogP contribution in [0.3, 0.4) is 0 Å². The molecule has 0 aliphatic heterocycles. The molecule has 0 amide bonds. The molecule has 2 aromatic heterocycles. The summed E-state index contributed by atoms with van der Waals surface area (Å²) in [4.78, 5) is 3.83. The van der Waals surface area contributed by atoms with Gasteiger partial charge < -0.3 is 0 Å². The van der Waals surface area contributed by atoms with E-state index < -0.39 is 0 Å². The van der Waals surface area contributed by atoms with Crippen molar-refractivity contribution in [1.29, 1.82) is 0 Å². The Bertz CT molecular complexity index is 252. The molecule has 2 heterocycles. The Balaban J connectivity index is 2.48. The van der Waals surface area contributed by atoms with Gasteiger partial charge in [0.1, 0.15) is 12.7 Å². The van der Waals surface area contributed by atoms with Crippen molar-refractivity contribution >= 4 is 11.3 Å². The van der Waals surface area contributed by atoms with E-state index in [4.69, 9.17) is 0 Å². The number of nitrogens with zero attached hydrogens (tertiary/aromatic N) is 3. The van der Waals surface area contributed by atoms with E-state index in [1.807, 2.05) is 16.8 Å². The highest BCUT2D eigenvalue weighted by Crippen LogP contribution is 2.08. The van der Waals surface area contributed by atoms with Crippen molar-refractivity contribution in [3.63, 3.8) is 0 Å². The molecule has 2 aromatic rings. The lowest BCUT2D eigenvalue weighted by molar-refractivity contribution is 0.883. The summed E-state index contributed by atoms with van der Waals surface area (Å²) in [6, 6.07) is 2.00. The minimum absolute atomic E-state index is 1.07. The predicted molar refractivity (Wildman–Crippen MR) is 39.2 cm³/mol. The molecule has 0 bridgehead atoms. The van der Waals surface area contributed by atoms with Crippen LogP contribution >= 0.6 is 11.3 Å². The average molecular weight is 151 g/mol. The minimum atomic E-state index is 1.07. The van der Waals surface area contributed by atoms with Crippen molar-refractivity contribution in [2.24, 2.45) is 0 Å². The maximum absolute atomic E-state index is 3.97. The molecule has 0 aliphatic carbocycles. The van der Waals surface area contributed by atoms with Crippen molar-refractivity contribution in [2.45, 2.75) is 0 Å². The van der Waals surface area contributed by atoms with Crippen molar-refractivity contribution in [3.8, 4) is 5.69 Å². The molecule has 0 N–H and O–H groups in total. The van der Waals surface area contributed by atoms with Crippen molar-refractivity contribution in [1.82, 2.24) is 14.8 Å². The first kappa shape index (κ1) is 5.61. The number of hydrogen-bond donors (Lipinski definition) is 0. The van der Waals surface area contributed by atoms with Gasteiger partial charge in [0, 0.05) is 5.38 Å². The van der Waals surface area contributed by atoms with E-state index in [0.29, 0.717) is 0 Å². The van der Waals surface area contributed by atoms with Gasteiger partial charge in [-0.2, -0.15) is 16.4 Å². The third kappa shape index (κ3) is 0.823. The lowest BCUT2D eigenvalue weighted by atomic mass is 10.5. The average Bonchev–Trinajstić information content (AvgIpc) is 2.59. The maximum atomic E-state index is 3.97. The van der Waals surface area contributed by atoms with Crippen molar-refractivity contribution in [3.05, 3.63) is 29.5 Å². The van der Waals surface area contributed by atoms with Gasteiger partial charge in [0.15, 0.2) is 0 Å². The summed E-state index contributed by atoms with van der Waals surface area (Å²) in [6.45, 7) is 0. The monoisotopic (exact) mass is 151 g/mol. The summed E-state index contributed by atoms with van der Waals surface area (Å²) in [5.74, 6) is 0. The zero-order valence-electron chi connectivity index (χ0n) is 5.14. The van der Waals surface area contributed by atoms with E-state index >= 15 is 0 Å². The van der Waals surface area contributed by atoms with Gasteiger partial charge in [-0.05, 0) is 11.4 Å². The van der Waals surface area contributed by atoms with Crippen LogP contribution in [0.5, 0.6) is 0 Å². The Hall–Kier alpha value is -1.16. The Morgan fingerprint density at radius 1 is 1.50 bits per heavy atom. The van der Waals surface area contributed by atoms with Crippen molar-refractivity contribution < 1.29 is 0 Å². The molecule has 0 aromatic carbocycles. The molecule has 0 saturated carbocycles. The zero-order valence-corrected chi connectivity index (χ0v) is 5.95. The Morgan fingerprint density at radius 2 is 2.50 bits per heavy atom. The van der Waals surface area contributed by atoms with E-state index in [1.54, 1.807) is 22.3 Å². The smallest absolute Gasteiger partial charge is 0.138 e. The summed E-state index contributed by atoms with van der Waals surface area (Å²) in [5, 5.41) is 8.00. The third-order valence-electron chi connectivity index (χ3n) is 1.19. The fraction of sp³-hybridized carbons (Fsp3) is 0. The maximum Gasteiger partial charge on any atom is 0.138 e. The summed E-state index contributed by atoms with van der Waals surface area (Å²) >= 11 is 1.65. The molecule has 4 heteroatoms. The van der Waals surface area contributed by atoms with Gasteiger partial charge >= 0.3 is 0 Å². The Labute approximate surface area is 62.0 Å². The highest BCUT2D eigenvalue weighted by Gasteiger charge is 1.93. The molecule has 0 fully saturated rings. The lowest BCUT2D eigenvalue weighted by Gasteiger charge is -1.90. The van der Waals surface area contributed by atoms with Gasteiger partial charge in [0.05, 0.1) is 5.69 Å². The van der Waals surface area contributed by atoms with Gasteiger partial charge in [0.25, 0.3) is 0 Å². The van der Waals surface area contributed by atoms with Gasteiger partial charge in [-0.1, -0.05) is 0 Å². The molecule has 0 aliphatic rings. The van der Waals surface area contributed by atoms with Gasteiger partial charge in [-0.3, -0.25) is 0 Å². The summed E-state index contributed by atoms with van der Waals surface area (Å²) in [6.07, 6.45) is 3.21. The first-order valence-electron chi connectivity index (χ1n) is 2.84. The predicted octanol–water partition coefficient (Wildman–Crippen LogP) is 1.33. The number of aromatic nitrogens is 3. The number of rotatable bonds is 1. The number of hydrogen-bond acceptors (Lipinski definition) is 3. The normalized spacial score (nSPS) is 10.0. The Morgan fingerprint density at radius 3 is 3.10 bits per heavy atom. The first-order valence-corrected chi connectivity index (χ1v) is 3.78. The molecular formula is C6H5N3S. The summed E-state index contributed by atoms with van der Waals surface area (Å²) in [7, 11) is 0. The largest absolute Gasteiger partial charge is 0.223 e. The molecule has 0 spiro atoms. The van der Waals surface area contributed by atoms with Crippen LogP contribution in [0.2, 0.25) is 0 Å². The van der Waals surface area contributed by atoms with Crippen LogP contribution in [0.1, 0.15) is 0 Å². The van der Waals surface area contributed by atoms with E-state index in [1.165, 1.54) is 6.33 Å². The van der Waals surface area contributed by atoms with Crippen molar-refractivity contribution in [2.75, 3.05) is 0 Å². The summed E-state index contributed by atoms with van der Waals surface area (Å²) in [5.41, 5.74) is 1.07. The first-order chi connectivity index (χ1) is 4.97. The van der Waals surface area contributed by atoms with Crippen LogP contribution in [0.4, 0.5) is 0 Å². The second kappa shape index (κ2) is 2.22. The molecule has 3 nitrogen and oxygen atoms in total. The quantitative estimate of drug-likeness (QED) is 0.615. The minimum Gasteiger partial charge on any atom is -0.223 e. The number of thiophene rings is 1. The Kier molecular flexibility index (Phi) is 1.25. The fourth-order valence-corrected chi connectivity index (χ4v) is 1.35. The SMILES string of the molecule is c1ncn(-c2ccsc2)n1. The van der Waals surface area contributed by atoms with Crippen LogP contribution in [0, 0.1) is 0 Å². The standard InChI is InChI=1S/C6H5N3S/c1-2-10-3-6(1)9-5-7-4-8-9/h1-5H. The molecule has 0 atom stereocenters. The van der Waals surface area contributed by atoms with Gasteiger partial charge in [-0.25, -0.2) is 9.67 Å². The molecule has 0 saturated heterocycles. The molecule has 50 valence electrons. The second-order valence-corrected chi connectivity index (χ2v) is 2.60. The highest BCUT2D eigenvalue weighted by atomic mass is 32.1. The van der Waals surface area contributed by atoms with Crippen LogP contribution in [-0.2, 0) is 0 Å². The molecule has 0 radical (unpaired) electrons. The van der Waals surface area contributed by atoms with Crippen LogP contribution in [0.25, 0.3) is 5.69 Å². The van der Waals surface area contributed by atoms with E-state index in [2.05, 4.69) is 10.1 Å². The van der Waals surface area contributed by atoms with Gasteiger partial charge in [-0.15, -0.1) is 0 Å². The van der Waals surface area contributed by atoms with Crippen LogP contribution in [-0.4, -0.2) is 14.8 Å². The van der Waals surface area contributed by atoms with Gasteiger partial charge in [0.2, 0.25) is 0 Å². The van der Waals surface area contributed by atoms with Crippen LogP contribution < -0.4 is 0 Å². The zero-order chi connectivity index (χ0) is 6.81. The van der Waals surface area contributed by atoms with E-state index in [-0.39, 0.29) is 0 Å². The second-order valence-electron chi connectivity index (χ2n) is 1.82. The van der Waals surface area contributed by atoms with E-state index in [0.717, 1.165) is 5.69 Å². The van der Waals surface area contributed by atoms with Crippen LogP contribution in [0.15, 0.2) is 29.5 Å². The third-order valence-corrected chi connectivity index (χ3v) is 1.86. The summed E-state index contributed by atoms with van der Waals surface area (Å²) < 4.78 is 1.73. The fourth-order valence-electron chi connectivity index (χ4n) is 0.729. The lowest BCUT2D eigenvalue weighted by Crippen LogP contribution is -1.89. The van der Waals surface area contributed by atoms with E-state index in [9.17, 15) is 0 Å². The highest BCUT2D eigenvalue weighted by molar-refractivity contribution is 7.08. The molecular weight excluding hydrogens is 146 g/mol. The topological polar surface area (TPSA) is 30.7 Å².